The van der Waals surface area contributed by atoms with Crippen LogP contribution in [-0.4, -0.2) is 70.7 Å². The van der Waals surface area contributed by atoms with Gasteiger partial charge in [-0.2, -0.15) is 13.2 Å². The first-order valence-corrected chi connectivity index (χ1v) is 13.1. The third-order valence-electron chi connectivity index (χ3n) is 6.71. The number of hydrogen-bond donors (Lipinski definition) is 1. The van der Waals surface area contributed by atoms with Gasteiger partial charge >= 0.3 is 6.18 Å². The molecule has 2 aromatic carbocycles. The van der Waals surface area contributed by atoms with Crippen molar-refractivity contribution in [3.8, 4) is 0 Å². The maximum atomic E-state index is 13.5. The van der Waals surface area contributed by atoms with Gasteiger partial charge in [-0.15, -0.1) is 0 Å². The molecule has 0 radical (unpaired) electrons. The molecular weight excluding hydrogens is 519 g/mol. The van der Waals surface area contributed by atoms with E-state index in [0.717, 1.165) is 11.6 Å². The minimum atomic E-state index is -4.62. The Morgan fingerprint density at radius 1 is 0.875 bits per heavy atom. The van der Waals surface area contributed by atoms with Crippen LogP contribution < -0.4 is 5.32 Å². The highest BCUT2D eigenvalue weighted by atomic mass is 19.4. The van der Waals surface area contributed by atoms with Crippen molar-refractivity contribution in [2.24, 2.45) is 4.99 Å². The molecule has 0 unspecified atom stereocenters. The molecule has 2 heterocycles. The summed E-state index contributed by atoms with van der Waals surface area (Å²) in [6.07, 6.45) is -2.31. The monoisotopic (exact) mass is 551 g/mol. The van der Waals surface area contributed by atoms with Crippen LogP contribution in [-0.2, 0) is 17.4 Å². The van der Waals surface area contributed by atoms with Crippen LogP contribution in [0.1, 0.15) is 41.0 Å². The van der Waals surface area contributed by atoms with Crippen molar-refractivity contribution in [1.82, 2.24) is 20.1 Å². The van der Waals surface area contributed by atoms with Crippen LogP contribution in [0.25, 0.3) is 0 Å². The fraction of sp³-hybridized carbons (Fsp3) is 0.333. The molecule has 0 aliphatic carbocycles. The Morgan fingerprint density at radius 2 is 1.50 bits per heavy atom. The SMILES string of the molecule is CC(C)(N=C(c1ccccn1)N1CCN(C(=O)c2ccccc2C(F)(F)F)CC1)C(=O)NCCc1ccccc1. The maximum absolute atomic E-state index is 13.5. The molecule has 2 amide bonds. The Morgan fingerprint density at radius 3 is 2.15 bits per heavy atom. The summed E-state index contributed by atoms with van der Waals surface area (Å²) in [5.74, 6) is -0.414. The number of rotatable bonds is 7. The number of pyridine rings is 1. The molecule has 1 saturated heterocycles. The molecule has 1 aliphatic heterocycles. The Balaban J connectivity index is 1.48. The first kappa shape index (κ1) is 28.8. The fourth-order valence-corrected chi connectivity index (χ4v) is 4.49. The molecule has 1 N–H and O–H groups in total. The number of hydrogen-bond acceptors (Lipinski definition) is 4. The van der Waals surface area contributed by atoms with E-state index in [2.05, 4.69) is 10.3 Å². The fourth-order valence-electron chi connectivity index (χ4n) is 4.49. The quantitative estimate of drug-likeness (QED) is 0.348. The largest absolute Gasteiger partial charge is 0.417 e. The first-order valence-electron chi connectivity index (χ1n) is 13.1. The Labute approximate surface area is 231 Å². The van der Waals surface area contributed by atoms with Gasteiger partial charge in [-0.3, -0.25) is 19.6 Å². The van der Waals surface area contributed by atoms with Crippen molar-refractivity contribution in [3.63, 3.8) is 0 Å². The van der Waals surface area contributed by atoms with Crippen LogP contribution in [0.3, 0.4) is 0 Å². The topological polar surface area (TPSA) is 77.9 Å². The normalized spacial score (nSPS) is 14.7. The number of amidine groups is 1. The molecule has 1 aromatic heterocycles. The third kappa shape index (κ3) is 7.05. The molecular formula is C30H32F3N5O2. The number of aliphatic imine (C=N–C) groups is 1. The number of carbonyl (C=O) groups is 2. The minimum Gasteiger partial charge on any atom is -0.354 e. The predicted molar refractivity (Wildman–Crippen MR) is 147 cm³/mol. The summed E-state index contributed by atoms with van der Waals surface area (Å²) in [5.41, 5.74) is -0.755. The summed E-state index contributed by atoms with van der Waals surface area (Å²) in [6.45, 7) is 4.94. The van der Waals surface area contributed by atoms with Crippen LogP contribution in [0, 0.1) is 0 Å². The Hall–Kier alpha value is -4.21. The van der Waals surface area contributed by atoms with Crippen LogP contribution in [0.2, 0.25) is 0 Å². The number of aromatic nitrogens is 1. The average molecular weight is 552 g/mol. The smallest absolute Gasteiger partial charge is 0.354 e. The molecule has 3 aromatic rings. The summed E-state index contributed by atoms with van der Waals surface area (Å²) < 4.78 is 40.5. The lowest BCUT2D eigenvalue weighted by Crippen LogP contribution is -2.52. The van der Waals surface area contributed by atoms with Gasteiger partial charge in [0.1, 0.15) is 11.2 Å². The van der Waals surface area contributed by atoms with Crippen molar-refractivity contribution in [1.29, 1.82) is 0 Å². The zero-order valence-corrected chi connectivity index (χ0v) is 22.5. The van der Waals surface area contributed by atoms with Gasteiger partial charge in [-0.25, -0.2) is 0 Å². The van der Waals surface area contributed by atoms with Crippen LogP contribution in [0.15, 0.2) is 84.0 Å². The average Bonchev–Trinajstić information content (AvgIpc) is 2.96. The van der Waals surface area contributed by atoms with Gasteiger partial charge in [-0.05, 0) is 50.1 Å². The Kier molecular flexibility index (Phi) is 8.86. The first-order chi connectivity index (χ1) is 19.1. The third-order valence-corrected chi connectivity index (χ3v) is 6.71. The minimum absolute atomic E-state index is 0.195. The number of benzene rings is 2. The number of amides is 2. The highest BCUT2D eigenvalue weighted by molar-refractivity contribution is 6.00. The van der Waals surface area contributed by atoms with E-state index < -0.39 is 23.2 Å². The summed E-state index contributed by atoms with van der Waals surface area (Å²) in [7, 11) is 0. The van der Waals surface area contributed by atoms with E-state index in [1.165, 1.54) is 23.1 Å². The van der Waals surface area contributed by atoms with E-state index in [-0.39, 0.29) is 24.6 Å². The molecule has 1 aliphatic rings. The van der Waals surface area contributed by atoms with Gasteiger partial charge < -0.3 is 15.1 Å². The zero-order valence-electron chi connectivity index (χ0n) is 22.5. The number of nitrogens with one attached hydrogen (secondary N) is 1. The number of piperazine rings is 1. The molecule has 4 rings (SSSR count). The maximum Gasteiger partial charge on any atom is 0.417 e. The number of alkyl halides is 3. The van der Waals surface area contributed by atoms with Gasteiger partial charge in [0.2, 0.25) is 5.91 Å². The molecule has 0 atom stereocenters. The standard InChI is InChI=1S/C30H32F3N5O2/c1-29(2,28(40)35-17-15-22-10-4-3-5-11-22)36-26(25-14-8-9-16-34-25)37-18-20-38(21-19-37)27(39)23-12-6-7-13-24(23)30(31,32)33/h3-14,16H,15,17-21H2,1-2H3,(H,35,40). The van der Waals surface area contributed by atoms with E-state index in [9.17, 15) is 22.8 Å². The second-order valence-electron chi connectivity index (χ2n) is 10.0. The van der Waals surface area contributed by atoms with Crippen LogP contribution >= 0.6 is 0 Å². The lowest BCUT2D eigenvalue weighted by atomic mass is 10.0. The molecule has 40 heavy (non-hydrogen) atoms. The number of carbonyl (C=O) groups excluding carboxylic acids is 2. The van der Waals surface area contributed by atoms with Gasteiger partial charge in [0.15, 0.2) is 5.84 Å². The summed E-state index contributed by atoms with van der Waals surface area (Å²) in [4.78, 5) is 38.7. The lowest BCUT2D eigenvalue weighted by Gasteiger charge is -2.37. The second kappa shape index (κ2) is 12.3. The summed E-state index contributed by atoms with van der Waals surface area (Å²) >= 11 is 0. The van der Waals surface area contributed by atoms with Crippen molar-refractivity contribution in [3.05, 3.63) is 101 Å². The predicted octanol–water partition coefficient (Wildman–Crippen LogP) is 4.44. The van der Waals surface area contributed by atoms with E-state index >= 15 is 0 Å². The van der Waals surface area contributed by atoms with Crippen molar-refractivity contribution < 1.29 is 22.8 Å². The highest BCUT2D eigenvalue weighted by Crippen LogP contribution is 2.32. The van der Waals surface area contributed by atoms with E-state index in [1.54, 1.807) is 32.2 Å². The molecule has 0 bridgehead atoms. The van der Waals surface area contributed by atoms with E-state index in [1.807, 2.05) is 41.3 Å². The van der Waals surface area contributed by atoms with Crippen LogP contribution in [0.5, 0.6) is 0 Å². The van der Waals surface area contributed by atoms with Crippen LogP contribution in [0.4, 0.5) is 13.2 Å². The van der Waals surface area contributed by atoms with Crippen molar-refractivity contribution >= 4 is 17.6 Å². The summed E-state index contributed by atoms with van der Waals surface area (Å²) in [5, 5.41) is 2.96. The highest BCUT2D eigenvalue weighted by Gasteiger charge is 2.37. The van der Waals surface area contributed by atoms with Gasteiger partial charge in [0.05, 0.1) is 11.1 Å². The lowest BCUT2D eigenvalue weighted by molar-refractivity contribution is -0.138. The molecule has 0 spiro atoms. The summed E-state index contributed by atoms with van der Waals surface area (Å²) in [6, 6.07) is 20.1. The molecule has 210 valence electrons. The van der Waals surface area contributed by atoms with Gasteiger partial charge in [0, 0.05) is 38.9 Å². The number of nitrogens with zero attached hydrogens (tertiary/aromatic N) is 4. The van der Waals surface area contributed by atoms with E-state index in [0.29, 0.717) is 37.6 Å². The van der Waals surface area contributed by atoms with E-state index in [4.69, 9.17) is 4.99 Å². The molecule has 10 heteroatoms. The second-order valence-corrected chi connectivity index (χ2v) is 10.0. The Bertz CT molecular complexity index is 1340. The molecule has 0 saturated carbocycles. The van der Waals surface area contributed by atoms with Gasteiger partial charge in [0.25, 0.3) is 5.91 Å². The van der Waals surface area contributed by atoms with Crippen molar-refractivity contribution in [2.45, 2.75) is 32.0 Å². The number of halogens is 3. The van der Waals surface area contributed by atoms with Gasteiger partial charge in [-0.1, -0.05) is 48.5 Å². The van der Waals surface area contributed by atoms with Crippen molar-refractivity contribution in [2.75, 3.05) is 32.7 Å². The molecule has 1 fully saturated rings. The zero-order chi connectivity index (χ0) is 28.8. The molecule has 7 nitrogen and oxygen atoms in total.